The Labute approximate surface area is 166 Å². The Balaban J connectivity index is 1.68. The minimum Gasteiger partial charge on any atom is -0.465 e. The standard InChI is InChI=1S/C20H20N4O3S/c1-12-8-22-14(9-21-12)11-24-18(25)5-6-28-19(24)16-10-23-17-7-13(20(26)27-2)3-4-15(16)17/h3-4,7-10,19,23H,5-6,11H2,1-2H3. The van der Waals surface area contributed by atoms with Crippen LogP contribution in [0.3, 0.4) is 0 Å². The van der Waals surface area contributed by atoms with Gasteiger partial charge in [-0.15, -0.1) is 11.8 Å². The maximum absolute atomic E-state index is 12.7. The van der Waals surface area contributed by atoms with Crippen molar-refractivity contribution in [2.45, 2.75) is 25.3 Å². The van der Waals surface area contributed by atoms with Gasteiger partial charge in [0.15, 0.2) is 0 Å². The van der Waals surface area contributed by atoms with Gasteiger partial charge in [0.1, 0.15) is 5.37 Å². The number of amides is 1. The topological polar surface area (TPSA) is 88.2 Å². The van der Waals surface area contributed by atoms with E-state index in [2.05, 4.69) is 15.0 Å². The van der Waals surface area contributed by atoms with E-state index in [1.807, 2.05) is 24.1 Å². The Hall–Kier alpha value is -2.87. The molecule has 0 spiro atoms. The summed E-state index contributed by atoms with van der Waals surface area (Å²) in [6, 6.07) is 5.42. The highest BCUT2D eigenvalue weighted by molar-refractivity contribution is 7.99. The zero-order valence-corrected chi connectivity index (χ0v) is 16.5. The van der Waals surface area contributed by atoms with E-state index in [-0.39, 0.29) is 17.3 Å². The number of nitrogens with zero attached hydrogens (tertiary/aromatic N) is 3. The number of hydrogen-bond acceptors (Lipinski definition) is 6. The second-order valence-electron chi connectivity index (χ2n) is 6.64. The number of hydrogen-bond donors (Lipinski definition) is 1. The number of carbonyl (C=O) groups is 2. The van der Waals surface area contributed by atoms with Crippen LogP contribution in [0.5, 0.6) is 0 Å². The Morgan fingerprint density at radius 2 is 2.21 bits per heavy atom. The first-order valence-corrected chi connectivity index (χ1v) is 9.99. The van der Waals surface area contributed by atoms with Crippen molar-refractivity contribution >= 4 is 34.5 Å². The summed E-state index contributed by atoms with van der Waals surface area (Å²) < 4.78 is 4.79. The summed E-state index contributed by atoms with van der Waals surface area (Å²) >= 11 is 1.73. The number of carbonyl (C=O) groups excluding carboxylic acids is 2. The highest BCUT2D eigenvalue weighted by atomic mass is 32.2. The van der Waals surface area contributed by atoms with E-state index in [4.69, 9.17) is 4.74 Å². The molecule has 0 aliphatic carbocycles. The highest BCUT2D eigenvalue weighted by Crippen LogP contribution is 2.41. The van der Waals surface area contributed by atoms with Crippen molar-refractivity contribution in [2.24, 2.45) is 0 Å². The maximum Gasteiger partial charge on any atom is 0.337 e. The molecule has 1 atom stereocenters. The largest absolute Gasteiger partial charge is 0.465 e. The van der Waals surface area contributed by atoms with Crippen molar-refractivity contribution in [1.82, 2.24) is 19.9 Å². The number of thioether (sulfide) groups is 1. The van der Waals surface area contributed by atoms with E-state index in [1.165, 1.54) is 7.11 Å². The monoisotopic (exact) mass is 396 g/mol. The molecule has 8 heteroatoms. The normalized spacial score (nSPS) is 17.1. The molecule has 1 fully saturated rings. The molecule has 1 N–H and O–H groups in total. The molecule has 144 valence electrons. The van der Waals surface area contributed by atoms with Crippen LogP contribution in [-0.2, 0) is 16.1 Å². The van der Waals surface area contributed by atoms with Crippen LogP contribution in [0.1, 0.15) is 39.1 Å². The lowest BCUT2D eigenvalue weighted by Gasteiger charge is -2.34. The van der Waals surface area contributed by atoms with E-state index in [0.29, 0.717) is 18.5 Å². The molecule has 1 aliphatic heterocycles. The average molecular weight is 396 g/mol. The van der Waals surface area contributed by atoms with Crippen LogP contribution in [0.15, 0.2) is 36.8 Å². The molecule has 4 rings (SSSR count). The summed E-state index contributed by atoms with van der Waals surface area (Å²) in [7, 11) is 1.36. The Bertz CT molecular complexity index is 1030. The minimum absolute atomic E-state index is 0.103. The van der Waals surface area contributed by atoms with Crippen molar-refractivity contribution in [1.29, 1.82) is 0 Å². The van der Waals surface area contributed by atoms with Crippen LogP contribution in [0.2, 0.25) is 0 Å². The molecule has 0 saturated carbocycles. The van der Waals surface area contributed by atoms with Crippen LogP contribution in [0, 0.1) is 6.92 Å². The fourth-order valence-corrected chi connectivity index (χ4v) is 4.59. The molecule has 1 aromatic carbocycles. The van der Waals surface area contributed by atoms with E-state index >= 15 is 0 Å². The third-order valence-electron chi connectivity index (χ3n) is 4.76. The molecule has 2 aromatic heterocycles. The van der Waals surface area contributed by atoms with Crippen molar-refractivity contribution < 1.29 is 14.3 Å². The molecule has 1 saturated heterocycles. The smallest absolute Gasteiger partial charge is 0.337 e. The molecule has 3 heterocycles. The first kappa shape index (κ1) is 18.5. The number of aromatic nitrogens is 3. The number of H-pyrrole nitrogens is 1. The summed E-state index contributed by atoms with van der Waals surface area (Å²) in [5.74, 6) is 0.499. The summed E-state index contributed by atoms with van der Waals surface area (Å²) in [5, 5.41) is 0.863. The molecule has 1 aliphatic rings. The van der Waals surface area contributed by atoms with E-state index in [0.717, 1.165) is 33.6 Å². The van der Waals surface area contributed by atoms with Crippen LogP contribution < -0.4 is 0 Å². The van der Waals surface area contributed by atoms with Gasteiger partial charge in [0.25, 0.3) is 0 Å². The first-order valence-electron chi connectivity index (χ1n) is 8.95. The van der Waals surface area contributed by atoms with Gasteiger partial charge in [-0.25, -0.2) is 4.79 Å². The molecule has 7 nitrogen and oxygen atoms in total. The van der Waals surface area contributed by atoms with Gasteiger partial charge in [-0.2, -0.15) is 0 Å². The molecule has 0 radical (unpaired) electrons. The molecular weight excluding hydrogens is 376 g/mol. The fourth-order valence-electron chi connectivity index (χ4n) is 3.32. The van der Waals surface area contributed by atoms with E-state index in [1.54, 1.807) is 36.3 Å². The Morgan fingerprint density at radius 1 is 1.36 bits per heavy atom. The quantitative estimate of drug-likeness (QED) is 0.681. The van der Waals surface area contributed by atoms with Gasteiger partial charge >= 0.3 is 5.97 Å². The zero-order valence-electron chi connectivity index (χ0n) is 15.6. The number of nitrogens with one attached hydrogen (secondary N) is 1. The predicted octanol–water partition coefficient (Wildman–Crippen LogP) is 3.22. The number of benzene rings is 1. The third-order valence-corrected chi connectivity index (χ3v) is 6.03. The molecule has 28 heavy (non-hydrogen) atoms. The fraction of sp³-hybridized carbons (Fsp3) is 0.300. The van der Waals surface area contributed by atoms with E-state index < -0.39 is 0 Å². The van der Waals surface area contributed by atoms with Gasteiger partial charge in [0.05, 0.1) is 36.8 Å². The lowest BCUT2D eigenvalue weighted by Crippen LogP contribution is -2.37. The SMILES string of the molecule is COC(=O)c1ccc2c(C3SCCC(=O)N3Cc3cnc(C)cn3)c[nH]c2c1. The third kappa shape index (κ3) is 3.47. The minimum atomic E-state index is -0.375. The number of methoxy groups -OCH3 is 1. The van der Waals surface area contributed by atoms with Crippen molar-refractivity contribution in [3.8, 4) is 0 Å². The van der Waals surface area contributed by atoms with Gasteiger partial charge in [-0.3, -0.25) is 14.8 Å². The maximum atomic E-state index is 12.7. The average Bonchev–Trinajstić information content (AvgIpc) is 3.13. The van der Waals surface area contributed by atoms with Crippen molar-refractivity contribution in [3.05, 3.63) is 59.3 Å². The van der Waals surface area contributed by atoms with Crippen LogP contribution in [-0.4, -0.2) is 44.6 Å². The lowest BCUT2D eigenvalue weighted by atomic mass is 10.1. The molecule has 1 amide bonds. The second-order valence-corrected chi connectivity index (χ2v) is 7.83. The molecule has 1 unspecified atom stereocenters. The second kappa shape index (κ2) is 7.63. The van der Waals surface area contributed by atoms with Crippen molar-refractivity contribution in [3.63, 3.8) is 0 Å². The number of aryl methyl sites for hydroxylation is 1. The number of ether oxygens (including phenoxy) is 1. The van der Waals surface area contributed by atoms with Gasteiger partial charge in [0.2, 0.25) is 5.91 Å². The zero-order chi connectivity index (χ0) is 19.7. The Morgan fingerprint density at radius 3 is 2.96 bits per heavy atom. The van der Waals surface area contributed by atoms with Crippen molar-refractivity contribution in [2.75, 3.05) is 12.9 Å². The first-order chi connectivity index (χ1) is 13.6. The van der Waals surface area contributed by atoms with Gasteiger partial charge < -0.3 is 14.6 Å². The predicted molar refractivity (Wildman–Crippen MR) is 107 cm³/mol. The Kier molecular flexibility index (Phi) is 5.04. The molecular formula is C20H20N4O3S. The van der Waals surface area contributed by atoms with Gasteiger partial charge in [-0.1, -0.05) is 6.07 Å². The number of aromatic amines is 1. The van der Waals surface area contributed by atoms with Gasteiger partial charge in [-0.05, 0) is 19.1 Å². The lowest BCUT2D eigenvalue weighted by molar-refractivity contribution is -0.132. The van der Waals surface area contributed by atoms with Crippen LogP contribution in [0.25, 0.3) is 10.9 Å². The highest BCUT2D eigenvalue weighted by Gasteiger charge is 2.32. The van der Waals surface area contributed by atoms with Crippen LogP contribution in [0.4, 0.5) is 0 Å². The number of rotatable bonds is 4. The summed E-state index contributed by atoms with van der Waals surface area (Å²) in [6.45, 7) is 2.30. The summed E-state index contributed by atoms with van der Waals surface area (Å²) in [6.07, 6.45) is 5.86. The van der Waals surface area contributed by atoms with Crippen LogP contribution >= 0.6 is 11.8 Å². The summed E-state index contributed by atoms with van der Waals surface area (Å²) in [4.78, 5) is 38.2. The number of fused-ring (bicyclic) bond motifs is 1. The van der Waals surface area contributed by atoms with Gasteiger partial charge in [0, 0.05) is 41.0 Å². The summed E-state index contributed by atoms with van der Waals surface area (Å²) in [5.41, 5.74) is 3.95. The molecule has 3 aromatic rings. The number of esters is 1. The van der Waals surface area contributed by atoms with E-state index in [9.17, 15) is 9.59 Å². The molecule has 0 bridgehead atoms.